The highest BCUT2D eigenvalue weighted by atomic mass is 15.2. The third-order valence-corrected chi connectivity index (χ3v) is 4.91. The maximum Gasteiger partial charge on any atom is 0.191 e. The molecule has 2 rings (SSSR count). The van der Waals surface area contributed by atoms with Gasteiger partial charge < -0.3 is 15.5 Å². The van der Waals surface area contributed by atoms with E-state index in [1.165, 1.54) is 45.1 Å². The summed E-state index contributed by atoms with van der Waals surface area (Å²) in [6.45, 7) is 7.46. The van der Waals surface area contributed by atoms with Crippen molar-refractivity contribution in [1.29, 1.82) is 0 Å². The van der Waals surface area contributed by atoms with Gasteiger partial charge in [0, 0.05) is 25.2 Å². The average Bonchev–Trinajstić information content (AvgIpc) is 3.19. The Bertz CT molecular complexity index is 323. The van der Waals surface area contributed by atoms with E-state index in [9.17, 15) is 0 Å². The molecule has 0 saturated heterocycles. The molecule has 21 heavy (non-hydrogen) atoms. The van der Waals surface area contributed by atoms with Crippen LogP contribution in [0.3, 0.4) is 0 Å². The van der Waals surface area contributed by atoms with E-state index in [0.29, 0.717) is 6.04 Å². The van der Waals surface area contributed by atoms with Gasteiger partial charge in [0.25, 0.3) is 0 Å². The van der Waals surface area contributed by atoms with Crippen LogP contribution < -0.4 is 10.6 Å². The zero-order valence-electron chi connectivity index (χ0n) is 14.2. The molecule has 0 amide bonds. The maximum atomic E-state index is 4.71. The molecule has 0 heterocycles. The van der Waals surface area contributed by atoms with E-state index < -0.39 is 0 Å². The largest absolute Gasteiger partial charge is 0.357 e. The summed E-state index contributed by atoms with van der Waals surface area (Å²) in [7, 11) is 2.29. The Labute approximate surface area is 130 Å². The standard InChI is InChI=1S/C17H34N4/c1-4-18-17(20-16-13-14(16)2)19-11-8-12-21(3)15-9-6-5-7-10-15/h14-16H,4-13H2,1-3H3,(H2,18,19,20). The lowest BCUT2D eigenvalue weighted by atomic mass is 9.94. The van der Waals surface area contributed by atoms with Crippen molar-refractivity contribution in [1.82, 2.24) is 15.5 Å². The Morgan fingerprint density at radius 3 is 2.57 bits per heavy atom. The van der Waals surface area contributed by atoms with Gasteiger partial charge in [-0.25, -0.2) is 0 Å². The summed E-state index contributed by atoms with van der Waals surface area (Å²) in [5.41, 5.74) is 0. The van der Waals surface area contributed by atoms with Crippen molar-refractivity contribution < 1.29 is 0 Å². The molecule has 0 bridgehead atoms. The Hall–Kier alpha value is -0.770. The van der Waals surface area contributed by atoms with Gasteiger partial charge >= 0.3 is 0 Å². The Kier molecular flexibility index (Phi) is 6.81. The van der Waals surface area contributed by atoms with Crippen LogP contribution >= 0.6 is 0 Å². The topological polar surface area (TPSA) is 39.7 Å². The van der Waals surface area contributed by atoms with Gasteiger partial charge in [-0.15, -0.1) is 0 Å². The van der Waals surface area contributed by atoms with Crippen molar-refractivity contribution in [3.8, 4) is 0 Å². The minimum atomic E-state index is 0.646. The predicted molar refractivity (Wildman–Crippen MR) is 90.8 cm³/mol. The lowest BCUT2D eigenvalue weighted by molar-refractivity contribution is 0.191. The molecule has 0 radical (unpaired) electrons. The fraction of sp³-hybridized carbons (Fsp3) is 0.941. The first kappa shape index (κ1) is 16.6. The molecule has 0 aromatic rings. The van der Waals surface area contributed by atoms with E-state index in [1.54, 1.807) is 0 Å². The molecule has 0 aromatic heterocycles. The number of guanidine groups is 1. The molecule has 2 atom stereocenters. The molecule has 2 N–H and O–H groups in total. The molecule has 2 aliphatic carbocycles. The van der Waals surface area contributed by atoms with Crippen LogP contribution in [-0.4, -0.2) is 49.6 Å². The molecule has 0 spiro atoms. The van der Waals surface area contributed by atoms with E-state index in [2.05, 4.69) is 36.4 Å². The van der Waals surface area contributed by atoms with Gasteiger partial charge in [-0.3, -0.25) is 4.99 Å². The van der Waals surface area contributed by atoms with Crippen LogP contribution in [0.4, 0.5) is 0 Å². The first-order chi connectivity index (χ1) is 10.2. The number of nitrogens with one attached hydrogen (secondary N) is 2. The fourth-order valence-corrected chi connectivity index (χ4v) is 3.23. The smallest absolute Gasteiger partial charge is 0.191 e. The van der Waals surface area contributed by atoms with Crippen molar-refractivity contribution in [3.05, 3.63) is 0 Å². The molecule has 122 valence electrons. The zero-order valence-corrected chi connectivity index (χ0v) is 14.2. The third kappa shape index (κ3) is 5.85. The molecule has 4 nitrogen and oxygen atoms in total. The third-order valence-electron chi connectivity index (χ3n) is 4.91. The van der Waals surface area contributed by atoms with Gasteiger partial charge in [-0.1, -0.05) is 26.2 Å². The molecule has 2 unspecified atom stereocenters. The normalized spacial score (nSPS) is 27.0. The van der Waals surface area contributed by atoms with Crippen LogP contribution in [0.5, 0.6) is 0 Å². The number of hydrogen-bond acceptors (Lipinski definition) is 2. The Balaban J connectivity index is 1.64. The quantitative estimate of drug-likeness (QED) is 0.431. The van der Waals surface area contributed by atoms with E-state index in [4.69, 9.17) is 4.99 Å². The highest BCUT2D eigenvalue weighted by Crippen LogP contribution is 2.28. The molecule has 2 fully saturated rings. The first-order valence-corrected chi connectivity index (χ1v) is 8.95. The molecule has 2 saturated carbocycles. The van der Waals surface area contributed by atoms with Crippen molar-refractivity contribution in [3.63, 3.8) is 0 Å². The zero-order chi connectivity index (χ0) is 15.1. The second kappa shape index (κ2) is 8.62. The minimum Gasteiger partial charge on any atom is -0.357 e. The number of aliphatic imine (C=N–C) groups is 1. The number of hydrogen-bond donors (Lipinski definition) is 2. The summed E-state index contributed by atoms with van der Waals surface area (Å²) >= 11 is 0. The van der Waals surface area contributed by atoms with Gasteiger partial charge in [-0.2, -0.15) is 0 Å². The van der Waals surface area contributed by atoms with Crippen LogP contribution in [-0.2, 0) is 0 Å². The molecule has 0 aliphatic heterocycles. The van der Waals surface area contributed by atoms with Gasteiger partial charge in [0.15, 0.2) is 5.96 Å². The second-order valence-corrected chi connectivity index (χ2v) is 6.85. The van der Waals surface area contributed by atoms with Crippen molar-refractivity contribution >= 4 is 5.96 Å². The molecular formula is C17H34N4. The van der Waals surface area contributed by atoms with E-state index >= 15 is 0 Å². The van der Waals surface area contributed by atoms with E-state index in [1.807, 2.05) is 0 Å². The van der Waals surface area contributed by atoms with Gasteiger partial charge in [0.1, 0.15) is 0 Å². The summed E-state index contributed by atoms with van der Waals surface area (Å²) in [5, 5.41) is 6.87. The van der Waals surface area contributed by atoms with Crippen LogP contribution in [0.25, 0.3) is 0 Å². The first-order valence-electron chi connectivity index (χ1n) is 8.95. The summed E-state index contributed by atoms with van der Waals surface area (Å²) in [6, 6.07) is 1.47. The van der Waals surface area contributed by atoms with Crippen LogP contribution in [0.2, 0.25) is 0 Å². The van der Waals surface area contributed by atoms with Gasteiger partial charge in [0.2, 0.25) is 0 Å². The summed E-state index contributed by atoms with van der Waals surface area (Å²) in [4.78, 5) is 7.27. The predicted octanol–water partition coefficient (Wildman–Crippen LogP) is 2.60. The van der Waals surface area contributed by atoms with Crippen molar-refractivity contribution in [2.75, 3.05) is 26.7 Å². The van der Waals surface area contributed by atoms with Crippen molar-refractivity contribution in [2.45, 2.75) is 70.9 Å². The minimum absolute atomic E-state index is 0.646. The lowest BCUT2D eigenvalue weighted by Gasteiger charge is -2.31. The van der Waals surface area contributed by atoms with E-state index in [-0.39, 0.29) is 0 Å². The number of nitrogens with zero attached hydrogens (tertiary/aromatic N) is 2. The van der Waals surface area contributed by atoms with Crippen LogP contribution in [0.15, 0.2) is 4.99 Å². The highest BCUT2D eigenvalue weighted by molar-refractivity contribution is 5.80. The summed E-state index contributed by atoms with van der Waals surface area (Å²) in [5.74, 6) is 1.82. The summed E-state index contributed by atoms with van der Waals surface area (Å²) < 4.78 is 0. The van der Waals surface area contributed by atoms with Crippen LogP contribution in [0, 0.1) is 5.92 Å². The SMILES string of the molecule is CCNC(=NCCCN(C)C1CCCCC1)NC1CC1C. The second-order valence-electron chi connectivity index (χ2n) is 6.85. The monoisotopic (exact) mass is 294 g/mol. The van der Waals surface area contributed by atoms with Gasteiger partial charge in [0.05, 0.1) is 0 Å². The maximum absolute atomic E-state index is 4.71. The Morgan fingerprint density at radius 2 is 1.95 bits per heavy atom. The number of rotatable bonds is 7. The van der Waals surface area contributed by atoms with Gasteiger partial charge in [-0.05, 0) is 52.1 Å². The van der Waals surface area contributed by atoms with Crippen molar-refractivity contribution in [2.24, 2.45) is 10.9 Å². The lowest BCUT2D eigenvalue weighted by Crippen LogP contribution is -2.39. The molecule has 4 heteroatoms. The fourth-order valence-electron chi connectivity index (χ4n) is 3.23. The highest BCUT2D eigenvalue weighted by Gasteiger charge is 2.33. The Morgan fingerprint density at radius 1 is 1.24 bits per heavy atom. The summed E-state index contributed by atoms with van der Waals surface area (Å²) in [6.07, 6.45) is 9.50. The molecule has 0 aromatic carbocycles. The van der Waals surface area contributed by atoms with Crippen LogP contribution in [0.1, 0.15) is 58.8 Å². The van der Waals surface area contributed by atoms with E-state index in [0.717, 1.165) is 37.4 Å². The average molecular weight is 294 g/mol. The molecular weight excluding hydrogens is 260 g/mol. The molecule has 2 aliphatic rings.